The summed E-state index contributed by atoms with van der Waals surface area (Å²) >= 11 is 0. The first-order chi connectivity index (χ1) is 15.8. The third-order valence-corrected chi connectivity index (χ3v) is 6.00. The Balaban J connectivity index is 1.68. The van der Waals surface area contributed by atoms with Crippen LogP contribution in [0.15, 0.2) is 84.9 Å². The van der Waals surface area contributed by atoms with E-state index in [1.165, 1.54) is 0 Å². The second kappa shape index (κ2) is 9.28. The Morgan fingerprint density at radius 1 is 0.758 bits per heavy atom. The molecule has 0 aliphatic heterocycles. The SMILES string of the molecule is COc1cccc([C@@H](C)N[C@H](C)c2cc(-c3ccc(C(F)(F)F)cc3)c3ccccc3c2)c1. The molecule has 170 valence electrons. The van der Waals surface area contributed by atoms with Gasteiger partial charge in [0.15, 0.2) is 0 Å². The van der Waals surface area contributed by atoms with Crippen LogP contribution in [0.5, 0.6) is 5.75 Å². The van der Waals surface area contributed by atoms with Gasteiger partial charge in [0.2, 0.25) is 0 Å². The summed E-state index contributed by atoms with van der Waals surface area (Å²) in [6.45, 7) is 4.19. The lowest BCUT2D eigenvalue weighted by molar-refractivity contribution is -0.137. The van der Waals surface area contributed by atoms with Crippen LogP contribution in [0.1, 0.15) is 42.6 Å². The Bertz CT molecular complexity index is 1250. The molecular weight excluding hydrogens is 423 g/mol. The molecule has 0 bridgehead atoms. The van der Waals surface area contributed by atoms with Crippen LogP contribution in [-0.4, -0.2) is 7.11 Å². The molecule has 4 aromatic carbocycles. The molecule has 0 unspecified atom stereocenters. The van der Waals surface area contributed by atoms with Crippen molar-refractivity contribution in [2.75, 3.05) is 7.11 Å². The van der Waals surface area contributed by atoms with E-state index in [0.29, 0.717) is 0 Å². The molecule has 0 aliphatic rings. The van der Waals surface area contributed by atoms with E-state index in [-0.39, 0.29) is 12.1 Å². The van der Waals surface area contributed by atoms with Crippen LogP contribution in [-0.2, 0) is 6.18 Å². The maximum atomic E-state index is 13.0. The van der Waals surface area contributed by atoms with Gasteiger partial charge in [-0.05, 0) is 83.3 Å². The summed E-state index contributed by atoms with van der Waals surface area (Å²) < 4.78 is 44.5. The number of benzene rings is 4. The topological polar surface area (TPSA) is 21.3 Å². The summed E-state index contributed by atoms with van der Waals surface area (Å²) in [5.41, 5.74) is 3.21. The zero-order valence-corrected chi connectivity index (χ0v) is 18.8. The van der Waals surface area contributed by atoms with Crippen LogP contribution < -0.4 is 10.1 Å². The van der Waals surface area contributed by atoms with Crippen molar-refractivity contribution in [1.82, 2.24) is 5.32 Å². The maximum Gasteiger partial charge on any atom is 0.416 e. The van der Waals surface area contributed by atoms with Gasteiger partial charge in [0.25, 0.3) is 0 Å². The Morgan fingerprint density at radius 2 is 1.45 bits per heavy atom. The van der Waals surface area contributed by atoms with Crippen molar-refractivity contribution < 1.29 is 17.9 Å². The molecule has 0 saturated carbocycles. The minimum Gasteiger partial charge on any atom is -0.497 e. The van der Waals surface area contributed by atoms with Gasteiger partial charge in [-0.3, -0.25) is 0 Å². The number of hydrogen-bond acceptors (Lipinski definition) is 2. The average molecular weight is 450 g/mol. The van der Waals surface area contributed by atoms with Gasteiger partial charge < -0.3 is 10.1 Å². The fraction of sp³-hybridized carbons (Fsp3) is 0.214. The van der Waals surface area contributed by atoms with E-state index in [9.17, 15) is 13.2 Å². The average Bonchev–Trinajstić information content (AvgIpc) is 2.82. The molecule has 4 aromatic rings. The van der Waals surface area contributed by atoms with Gasteiger partial charge in [-0.25, -0.2) is 0 Å². The third-order valence-electron chi connectivity index (χ3n) is 6.00. The fourth-order valence-corrected chi connectivity index (χ4v) is 4.14. The lowest BCUT2D eigenvalue weighted by atomic mass is 9.92. The Hall–Kier alpha value is -3.31. The van der Waals surface area contributed by atoms with E-state index in [1.54, 1.807) is 19.2 Å². The van der Waals surface area contributed by atoms with Crippen LogP contribution >= 0.6 is 0 Å². The minimum absolute atomic E-state index is 0.0176. The first-order valence-electron chi connectivity index (χ1n) is 10.9. The van der Waals surface area contributed by atoms with Gasteiger partial charge in [0.1, 0.15) is 5.75 Å². The van der Waals surface area contributed by atoms with Gasteiger partial charge in [-0.15, -0.1) is 0 Å². The van der Waals surface area contributed by atoms with Crippen molar-refractivity contribution >= 4 is 10.8 Å². The molecule has 0 amide bonds. The van der Waals surface area contributed by atoms with E-state index in [1.807, 2.05) is 42.5 Å². The second-order valence-electron chi connectivity index (χ2n) is 8.25. The zero-order valence-electron chi connectivity index (χ0n) is 18.8. The van der Waals surface area contributed by atoms with Crippen LogP contribution in [0.3, 0.4) is 0 Å². The van der Waals surface area contributed by atoms with Gasteiger partial charge in [0, 0.05) is 12.1 Å². The second-order valence-corrected chi connectivity index (χ2v) is 8.25. The molecule has 0 fully saturated rings. The van der Waals surface area contributed by atoms with Gasteiger partial charge in [0.05, 0.1) is 12.7 Å². The third kappa shape index (κ3) is 5.04. The van der Waals surface area contributed by atoms with Crippen molar-refractivity contribution in [2.24, 2.45) is 0 Å². The van der Waals surface area contributed by atoms with Crippen LogP contribution in [0, 0.1) is 0 Å². The predicted molar refractivity (Wildman–Crippen MR) is 127 cm³/mol. The molecule has 0 spiro atoms. The first-order valence-corrected chi connectivity index (χ1v) is 10.9. The van der Waals surface area contributed by atoms with Gasteiger partial charge in [-0.2, -0.15) is 13.2 Å². The number of rotatable bonds is 6. The number of hydrogen-bond donors (Lipinski definition) is 1. The monoisotopic (exact) mass is 449 g/mol. The van der Waals surface area contributed by atoms with E-state index in [2.05, 4.69) is 37.4 Å². The lowest BCUT2D eigenvalue weighted by Gasteiger charge is -2.22. The predicted octanol–water partition coefficient (Wildman–Crippen LogP) is 7.95. The number of nitrogens with one attached hydrogen (secondary N) is 1. The van der Waals surface area contributed by atoms with Gasteiger partial charge in [-0.1, -0.05) is 48.5 Å². The van der Waals surface area contributed by atoms with Crippen LogP contribution in [0.25, 0.3) is 21.9 Å². The maximum absolute atomic E-state index is 13.0. The molecule has 1 N–H and O–H groups in total. The molecule has 0 aliphatic carbocycles. The van der Waals surface area contributed by atoms with E-state index < -0.39 is 11.7 Å². The summed E-state index contributed by atoms with van der Waals surface area (Å²) in [4.78, 5) is 0. The Morgan fingerprint density at radius 3 is 2.15 bits per heavy atom. The fourth-order valence-electron chi connectivity index (χ4n) is 4.14. The molecule has 2 nitrogen and oxygen atoms in total. The number of methoxy groups -OCH3 is 1. The molecule has 2 atom stereocenters. The standard InChI is InChI=1S/C28H26F3NO/c1-18(21-8-6-9-25(16-21)33-3)32-19(2)23-15-22-7-4-5-10-26(22)27(17-23)20-11-13-24(14-12-20)28(29,30)31/h4-19,32H,1-3H3/t18-,19-/m1/s1. The lowest BCUT2D eigenvalue weighted by Crippen LogP contribution is -2.22. The van der Waals surface area contributed by atoms with Crippen LogP contribution in [0.2, 0.25) is 0 Å². The highest BCUT2D eigenvalue weighted by atomic mass is 19.4. The highest BCUT2D eigenvalue weighted by Crippen LogP contribution is 2.35. The van der Waals surface area contributed by atoms with E-state index >= 15 is 0 Å². The molecule has 0 radical (unpaired) electrons. The van der Waals surface area contributed by atoms with Gasteiger partial charge >= 0.3 is 6.18 Å². The first kappa shape index (κ1) is 22.9. The Kier molecular flexibility index (Phi) is 6.43. The summed E-state index contributed by atoms with van der Waals surface area (Å²) in [6, 6.07) is 25.6. The summed E-state index contributed by atoms with van der Waals surface area (Å²) in [5, 5.41) is 5.69. The van der Waals surface area contributed by atoms with Crippen LogP contribution in [0.4, 0.5) is 13.2 Å². The molecule has 4 rings (SSSR count). The summed E-state index contributed by atoms with van der Waals surface area (Å²) in [7, 11) is 1.65. The van der Waals surface area contributed by atoms with Crippen molar-refractivity contribution in [1.29, 1.82) is 0 Å². The number of fused-ring (bicyclic) bond motifs is 1. The summed E-state index contributed by atoms with van der Waals surface area (Å²) in [6.07, 6.45) is -4.35. The largest absolute Gasteiger partial charge is 0.497 e. The van der Waals surface area contributed by atoms with E-state index in [4.69, 9.17) is 4.74 Å². The molecule has 33 heavy (non-hydrogen) atoms. The highest BCUT2D eigenvalue weighted by Gasteiger charge is 2.30. The Labute approximate surface area is 192 Å². The number of halogens is 3. The smallest absolute Gasteiger partial charge is 0.416 e. The highest BCUT2D eigenvalue weighted by molar-refractivity contribution is 5.97. The minimum atomic E-state index is -4.35. The molecule has 5 heteroatoms. The van der Waals surface area contributed by atoms with E-state index in [0.717, 1.165) is 50.9 Å². The number of ether oxygens (including phenoxy) is 1. The van der Waals surface area contributed by atoms with Crippen molar-refractivity contribution in [3.05, 3.63) is 102 Å². The molecular formula is C28H26F3NO. The molecule has 0 heterocycles. The zero-order chi connectivity index (χ0) is 23.6. The molecule has 0 aromatic heterocycles. The quantitative estimate of drug-likeness (QED) is 0.323. The summed E-state index contributed by atoms with van der Waals surface area (Å²) in [5.74, 6) is 0.809. The van der Waals surface area contributed by atoms with Crippen molar-refractivity contribution in [3.8, 4) is 16.9 Å². The normalized spacial score (nSPS) is 13.6. The van der Waals surface area contributed by atoms with Crippen molar-refractivity contribution in [3.63, 3.8) is 0 Å². The van der Waals surface area contributed by atoms with Crippen molar-refractivity contribution in [2.45, 2.75) is 32.1 Å². The number of alkyl halides is 3. The molecule has 0 saturated heterocycles.